The number of carbonyl (C=O) groups excluding carboxylic acids is 5. The highest BCUT2D eigenvalue weighted by atomic mass is 16.5. The Kier molecular flexibility index (Phi) is 12.2. The Morgan fingerprint density at radius 1 is 1.02 bits per heavy atom. The number of aromatic nitrogens is 3. The van der Waals surface area contributed by atoms with E-state index in [-0.39, 0.29) is 30.8 Å². The monoisotopic (exact) mass is 746 g/mol. The fourth-order valence-electron chi connectivity index (χ4n) is 6.27. The summed E-state index contributed by atoms with van der Waals surface area (Å²) in [6.45, 7) is 13.7. The molecule has 0 bridgehead atoms. The van der Waals surface area contributed by atoms with Gasteiger partial charge in [-0.15, -0.1) is 0 Å². The van der Waals surface area contributed by atoms with Crippen molar-refractivity contribution < 1.29 is 33.4 Å². The van der Waals surface area contributed by atoms with E-state index < -0.39 is 59.2 Å². The number of Topliss-reactive ketones (excluding diaryl/α,β-unsaturated/α-hetero) is 1. The molecule has 0 spiro atoms. The van der Waals surface area contributed by atoms with Crippen LogP contribution in [0.4, 0.5) is 4.79 Å². The second-order valence-electron chi connectivity index (χ2n) is 16.4. The first kappa shape index (κ1) is 40.0. The number of carbonyl (C=O) groups is 5. The second kappa shape index (κ2) is 16.4. The third-order valence-electron chi connectivity index (χ3n) is 9.36. The Balaban J connectivity index is 1.47. The van der Waals surface area contributed by atoms with Gasteiger partial charge in [-0.25, -0.2) is 14.5 Å². The Bertz CT molecular complexity index is 1850. The number of nitrogens with zero attached hydrogens (tertiary/aromatic N) is 4. The largest absolute Gasteiger partial charge is 0.497 e. The van der Waals surface area contributed by atoms with Crippen LogP contribution in [-0.4, -0.2) is 99.7 Å². The molecular weight excluding hydrogens is 692 g/mol. The number of amides is 5. The van der Waals surface area contributed by atoms with Crippen molar-refractivity contribution in [3.63, 3.8) is 0 Å². The van der Waals surface area contributed by atoms with E-state index in [9.17, 15) is 24.0 Å². The maximum Gasteiger partial charge on any atom is 0.315 e. The van der Waals surface area contributed by atoms with Crippen LogP contribution in [0.15, 0.2) is 42.7 Å². The molecule has 5 amide bonds. The normalized spacial score (nSPS) is 18.4. The molecule has 4 atom stereocenters. The number of hydrogen-bond acceptors (Lipinski definition) is 9. The number of pyridine rings is 1. The van der Waals surface area contributed by atoms with Crippen LogP contribution in [0, 0.1) is 10.8 Å². The Morgan fingerprint density at radius 2 is 1.76 bits per heavy atom. The number of nitrogens with one attached hydrogen (secondary N) is 4. The molecule has 15 nitrogen and oxygen atoms in total. The molecule has 292 valence electrons. The lowest BCUT2D eigenvalue weighted by Crippen LogP contribution is -2.60. The fourth-order valence-corrected chi connectivity index (χ4v) is 6.27. The first-order valence-electron chi connectivity index (χ1n) is 18.6. The molecule has 15 heteroatoms. The van der Waals surface area contributed by atoms with Gasteiger partial charge in [0.25, 0.3) is 5.91 Å². The van der Waals surface area contributed by atoms with Gasteiger partial charge in [-0.05, 0) is 48.3 Å². The maximum absolute atomic E-state index is 14.6. The summed E-state index contributed by atoms with van der Waals surface area (Å²) in [5.74, 6) is -0.992. The van der Waals surface area contributed by atoms with Crippen molar-refractivity contribution >= 4 is 40.4 Å². The highest BCUT2D eigenvalue weighted by Crippen LogP contribution is 2.34. The van der Waals surface area contributed by atoms with E-state index >= 15 is 0 Å². The van der Waals surface area contributed by atoms with Crippen LogP contribution in [0.3, 0.4) is 0 Å². The Hall–Kier alpha value is -5.21. The molecule has 1 aliphatic heterocycles. The second-order valence-corrected chi connectivity index (χ2v) is 16.4. The van der Waals surface area contributed by atoms with Gasteiger partial charge in [0, 0.05) is 48.9 Å². The number of likely N-dealkylation sites (tertiary alicyclic amines) is 1. The van der Waals surface area contributed by atoms with Crippen LogP contribution in [0.5, 0.6) is 11.5 Å². The lowest BCUT2D eigenvalue weighted by molar-refractivity contribution is -0.144. The minimum atomic E-state index is -1.08. The molecule has 1 saturated heterocycles. The van der Waals surface area contributed by atoms with Gasteiger partial charge in [-0.1, -0.05) is 54.9 Å². The summed E-state index contributed by atoms with van der Waals surface area (Å²) in [6.07, 6.45) is 5.18. The first-order chi connectivity index (χ1) is 25.5. The molecule has 1 aliphatic carbocycles. The number of urea groups is 1. The summed E-state index contributed by atoms with van der Waals surface area (Å²) in [5.41, 5.74) is -0.360. The molecular formula is C39H54N8O7. The number of fused-ring (bicyclic) bond motifs is 1. The molecule has 1 saturated carbocycles. The molecule has 1 aromatic carbocycles. The number of ketones is 1. The zero-order chi connectivity index (χ0) is 39.4. The van der Waals surface area contributed by atoms with Gasteiger partial charge in [0.2, 0.25) is 17.6 Å². The van der Waals surface area contributed by atoms with Gasteiger partial charge in [0.15, 0.2) is 5.82 Å². The van der Waals surface area contributed by atoms with E-state index in [4.69, 9.17) is 14.5 Å². The molecule has 54 heavy (non-hydrogen) atoms. The van der Waals surface area contributed by atoms with E-state index in [2.05, 4.69) is 26.4 Å². The molecule has 2 fully saturated rings. The predicted molar refractivity (Wildman–Crippen MR) is 202 cm³/mol. The van der Waals surface area contributed by atoms with Crippen LogP contribution in [0.1, 0.15) is 80.6 Å². The number of hydrogen-bond donors (Lipinski definition) is 4. The van der Waals surface area contributed by atoms with Crippen LogP contribution in [0.2, 0.25) is 0 Å². The van der Waals surface area contributed by atoms with Crippen LogP contribution in [0.25, 0.3) is 16.7 Å². The fraction of sp³-hybridized carbons (Fsp3) is 0.564. The standard InChI is InChI=1S/C39H54N8O7/c1-9-11-27(32(48)35(50)42-23-12-13-23)44-34(49)29-19-25(21-46(29)36(51)33(39(5,6)7)45-37(52)40-22-38(2,3)4)54-30-20-31(47-17-10-16-41-47)43-28-18-24(53-8)14-15-26(28)30/h10,14-18,20,23,25,27,29,33H,9,11-13,19,21-22H2,1-8H3,(H,42,50)(H,44,49)(H2,40,45,52)/t25-,27?,29+,33?/m1/s1. The predicted octanol–water partition coefficient (Wildman–Crippen LogP) is 3.67. The van der Waals surface area contributed by atoms with Crippen molar-refractivity contribution in [3.8, 4) is 17.3 Å². The third kappa shape index (κ3) is 10.1. The van der Waals surface area contributed by atoms with Crippen molar-refractivity contribution in [2.24, 2.45) is 10.8 Å². The SMILES string of the molecule is CCCC(NC(=O)[C@@H]1C[C@@H](Oc2cc(-n3cccn3)nc3cc(OC)ccc23)CN1C(=O)C(NC(=O)NCC(C)(C)C)C(C)(C)C)C(=O)C(=O)NC1CC1. The summed E-state index contributed by atoms with van der Waals surface area (Å²) >= 11 is 0. The van der Waals surface area contributed by atoms with Crippen LogP contribution in [-0.2, 0) is 19.2 Å². The van der Waals surface area contributed by atoms with E-state index in [1.807, 2.05) is 54.5 Å². The molecule has 2 aliphatic rings. The maximum atomic E-state index is 14.6. The van der Waals surface area contributed by atoms with Crippen molar-refractivity contribution in [3.05, 3.63) is 42.7 Å². The Labute approximate surface area is 316 Å². The smallest absolute Gasteiger partial charge is 0.315 e. The van der Waals surface area contributed by atoms with Gasteiger partial charge in [0.05, 0.1) is 25.2 Å². The number of methoxy groups -OCH3 is 1. The average molecular weight is 747 g/mol. The molecule has 3 heterocycles. The van der Waals surface area contributed by atoms with Crippen molar-refractivity contribution in [2.45, 2.75) is 111 Å². The molecule has 3 aromatic rings. The molecule has 2 aromatic heterocycles. The van der Waals surface area contributed by atoms with E-state index in [0.717, 1.165) is 12.8 Å². The lowest BCUT2D eigenvalue weighted by Gasteiger charge is -2.35. The number of benzene rings is 1. The molecule has 5 rings (SSSR count). The zero-order valence-corrected chi connectivity index (χ0v) is 32.5. The van der Waals surface area contributed by atoms with Gasteiger partial charge in [-0.2, -0.15) is 5.10 Å². The highest BCUT2D eigenvalue weighted by Gasteiger charge is 2.46. The van der Waals surface area contributed by atoms with Gasteiger partial charge in [-0.3, -0.25) is 19.2 Å². The van der Waals surface area contributed by atoms with E-state index in [1.54, 1.807) is 48.5 Å². The third-order valence-corrected chi connectivity index (χ3v) is 9.36. The highest BCUT2D eigenvalue weighted by molar-refractivity contribution is 6.38. The summed E-state index contributed by atoms with van der Waals surface area (Å²) in [7, 11) is 1.57. The average Bonchev–Trinajstić information content (AvgIpc) is 3.55. The van der Waals surface area contributed by atoms with Crippen LogP contribution < -0.4 is 30.7 Å². The molecule has 0 radical (unpaired) electrons. The summed E-state index contributed by atoms with van der Waals surface area (Å²) in [6, 6.07) is 5.21. The minimum Gasteiger partial charge on any atom is -0.497 e. The van der Waals surface area contributed by atoms with Gasteiger partial charge >= 0.3 is 6.03 Å². The molecule has 4 N–H and O–H groups in total. The number of rotatable bonds is 14. The summed E-state index contributed by atoms with van der Waals surface area (Å²) in [4.78, 5) is 74.1. The quantitative estimate of drug-likeness (QED) is 0.179. The van der Waals surface area contributed by atoms with E-state index in [0.29, 0.717) is 41.2 Å². The zero-order valence-electron chi connectivity index (χ0n) is 32.5. The summed E-state index contributed by atoms with van der Waals surface area (Å²) < 4.78 is 13.7. The topological polar surface area (TPSA) is 186 Å². The van der Waals surface area contributed by atoms with Gasteiger partial charge in [0.1, 0.15) is 29.7 Å². The summed E-state index contributed by atoms with van der Waals surface area (Å²) in [5, 5.41) is 16.2. The Morgan fingerprint density at radius 3 is 2.37 bits per heavy atom. The van der Waals surface area contributed by atoms with Crippen LogP contribution >= 0.6 is 0 Å². The lowest BCUT2D eigenvalue weighted by atomic mass is 9.85. The van der Waals surface area contributed by atoms with Crippen molar-refractivity contribution in [2.75, 3.05) is 20.2 Å². The van der Waals surface area contributed by atoms with Gasteiger partial charge < -0.3 is 35.6 Å². The number of ether oxygens (including phenoxy) is 2. The first-order valence-corrected chi connectivity index (χ1v) is 18.6. The minimum absolute atomic E-state index is 0.000418. The molecule has 2 unspecified atom stereocenters. The van der Waals surface area contributed by atoms with Crippen molar-refractivity contribution in [1.29, 1.82) is 0 Å². The van der Waals surface area contributed by atoms with E-state index in [1.165, 1.54) is 4.90 Å². The van der Waals surface area contributed by atoms with Crippen molar-refractivity contribution in [1.82, 2.24) is 40.9 Å².